The Morgan fingerprint density at radius 1 is 1.27 bits per heavy atom. The van der Waals surface area contributed by atoms with E-state index in [-0.39, 0.29) is 22.8 Å². The molecule has 82 valence electrons. The van der Waals surface area contributed by atoms with Gasteiger partial charge in [-0.1, -0.05) is 0 Å². The fraction of sp³-hybridized carbons (Fsp3) is 0.364. The lowest BCUT2D eigenvalue weighted by atomic mass is 10.1. The van der Waals surface area contributed by atoms with Crippen molar-refractivity contribution in [3.63, 3.8) is 0 Å². The summed E-state index contributed by atoms with van der Waals surface area (Å²) in [6.45, 7) is 3.04. The predicted octanol–water partition coefficient (Wildman–Crippen LogP) is 2.35. The Hall–Kier alpha value is -1.58. The van der Waals surface area contributed by atoms with E-state index in [1.165, 1.54) is 21.1 Å². The van der Waals surface area contributed by atoms with Crippen molar-refractivity contribution in [1.82, 2.24) is 0 Å². The van der Waals surface area contributed by atoms with Crippen LogP contribution in [0.15, 0.2) is 6.07 Å². The third-order valence-electron chi connectivity index (χ3n) is 2.15. The molecule has 0 aliphatic heterocycles. The smallest absolute Gasteiger partial charge is 0.207 e. The van der Waals surface area contributed by atoms with Crippen LogP contribution in [0.5, 0.6) is 11.5 Å². The van der Waals surface area contributed by atoms with E-state index in [0.717, 1.165) is 0 Å². The van der Waals surface area contributed by atoms with Crippen molar-refractivity contribution >= 4 is 5.78 Å². The second kappa shape index (κ2) is 4.29. The third-order valence-corrected chi connectivity index (χ3v) is 2.15. The first-order valence-electron chi connectivity index (χ1n) is 4.45. The van der Waals surface area contributed by atoms with E-state index in [9.17, 15) is 9.18 Å². The van der Waals surface area contributed by atoms with Crippen molar-refractivity contribution < 1.29 is 18.7 Å². The molecule has 0 fully saturated rings. The summed E-state index contributed by atoms with van der Waals surface area (Å²) in [5.74, 6) is -0.830. The van der Waals surface area contributed by atoms with E-state index in [4.69, 9.17) is 9.47 Å². The summed E-state index contributed by atoms with van der Waals surface area (Å²) in [4.78, 5) is 11.2. The maximum Gasteiger partial charge on any atom is 0.207 e. The number of carbonyl (C=O) groups is 1. The fourth-order valence-electron chi connectivity index (χ4n) is 1.45. The summed E-state index contributed by atoms with van der Waals surface area (Å²) in [5.41, 5.74) is 0.800. The van der Waals surface area contributed by atoms with Gasteiger partial charge in [0, 0.05) is 0 Å². The van der Waals surface area contributed by atoms with Crippen LogP contribution >= 0.6 is 0 Å². The molecule has 0 heterocycles. The van der Waals surface area contributed by atoms with Crippen molar-refractivity contribution in [2.75, 3.05) is 14.2 Å². The van der Waals surface area contributed by atoms with Gasteiger partial charge >= 0.3 is 0 Å². The first-order valence-corrected chi connectivity index (χ1v) is 4.45. The van der Waals surface area contributed by atoms with Gasteiger partial charge in [0.1, 0.15) is 0 Å². The molecule has 0 saturated carbocycles. The topological polar surface area (TPSA) is 35.5 Å². The van der Waals surface area contributed by atoms with Crippen LogP contribution in [0.1, 0.15) is 22.8 Å². The van der Waals surface area contributed by atoms with Gasteiger partial charge < -0.3 is 9.47 Å². The molecule has 1 rings (SSSR count). The van der Waals surface area contributed by atoms with E-state index in [1.54, 1.807) is 13.0 Å². The SMILES string of the molecule is COc1c(C)cc(C(C)=O)c(OC)c1F. The first kappa shape index (κ1) is 11.5. The van der Waals surface area contributed by atoms with Crippen LogP contribution in [0.25, 0.3) is 0 Å². The van der Waals surface area contributed by atoms with Crippen LogP contribution in [-0.2, 0) is 0 Å². The molecule has 0 aliphatic rings. The molecule has 4 heteroatoms. The highest BCUT2D eigenvalue weighted by Gasteiger charge is 2.19. The van der Waals surface area contributed by atoms with Gasteiger partial charge in [-0.2, -0.15) is 4.39 Å². The Balaban J connectivity index is 3.51. The molecule has 0 atom stereocenters. The Morgan fingerprint density at radius 2 is 1.80 bits per heavy atom. The lowest BCUT2D eigenvalue weighted by molar-refractivity contribution is 0.101. The molecule has 0 N–H and O–H groups in total. The molecule has 1 aromatic carbocycles. The Morgan fingerprint density at radius 3 is 2.20 bits per heavy atom. The lowest BCUT2D eigenvalue weighted by Gasteiger charge is -2.12. The number of rotatable bonds is 3. The number of hydrogen-bond acceptors (Lipinski definition) is 3. The van der Waals surface area contributed by atoms with Gasteiger partial charge in [0.2, 0.25) is 5.82 Å². The third kappa shape index (κ3) is 1.93. The summed E-state index contributed by atoms with van der Waals surface area (Å²) in [5, 5.41) is 0. The van der Waals surface area contributed by atoms with Crippen LogP contribution < -0.4 is 9.47 Å². The molecule has 0 unspecified atom stereocenters. The number of ether oxygens (including phenoxy) is 2. The zero-order valence-electron chi connectivity index (χ0n) is 9.18. The molecule has 3 nitrogen and oxygen atoms in total. The summed E-state index contributed by atoms with van der Waals surface area (Å²) in [7, 11) is 2.69. The monoisotopic (exact) mass is 212 g/mol. The molecule has 0 aromatic heterocycles. The Kier molecular flexibility index (Phi) is 3.29. The van der Waals surface area contributed by atoms with Crippen LogP contribution in [0.4, 0.5) is 4.39 Å². The maximum atomic E-state index is 13.8. The van der Waals surface area contributed by atoms with Gasteiger partial charge in [-0.05, 0) is 25.5 Å². The van der Waals surface area contributed by atoms with Gasteiger partial charge in [0.05, 0.1) is 19.8 Å². The number of aryl methyl sites for hydroxylation is 1. The fourth-order valence-corrected chi connectivity index (χ4v) is 1.45. The number of carbonyl (C=O) groups excluding carboxylic acids is 1. The second-order valence-corrected chi connectivity index (χ2v) is 3.18. The Bertz CT molecular complexity index is 399. The highest BCUT2D eigenvalue weighted by Crippen LogP contribution is 2.33. The lowest BCUT2D eigenvalue weighted by Crippen LogP contribution is -2.03. The number of methoxy groups -OCH3 is 2. The summed E-state index contributed by atoms with van der Waals surface area (Å²) in [6.07, 6.45) is 0. The number of hydrogen-bond donors (Lipinski definition) is 0. The number of Topliss-reactive ketones (excluding diaryl/α,β-unsaturated/α-hetero) is 1. The Labute approximate surface area is 87.8 Å². The highest BCUT2D eigenvalue weighted by molar-refractivity contribution is 5.97. The van der Waals surface area contributed by atoms with E-state index >= 15 is 0 Å². The van der Waals surface area contributed by atoms with Gasteiger partial charge in [0.25, 0.3) is 0 Å². The van der Waals surface area contributed by atoms with E-state index < -0.39 is 5.82 Å². The summed E-state index contributed by atoms with van der Waals surface area (Å²) >= 11 is 0. The van der Waals surface area contributed by atoms with Gasteiger partial charge in [-0.25, -0.2) is 0 Å². The molecular formula is C11H13FO3. The van der Waals surface area contributed by atoms with Crippen molar-refractivity contribution in [1.29, 1.82) is 0 Å². The van der Waals surface area contributed by atoms with Crippen molar-refractivity contribution in [2.45, 2.75) is 13.8 Å². The van der Waals surface area contributed by atoms with E-state index in [1.807, 2.05) is 0 Å². The molecule has 0 saturated heterocycles. The number of halogens is 1. The standard InChI is InChI=1S/C11H13FO3/c1-6-5-8(7(2)13)11(15-4)9(12)10(6)14-3/h5H,1-4H3. The minimum absolute atomic E-state index is 0.0649. The first-order chi connectivity index (χ1) is 7.02. The molecule has 0 aliphatic carbocycles. The molecule has 15 heavy (non-hydrogen) atoms. The number of benzene rings is 1. The molecule has 0 radical (unpaired) electrons. The zero-order valence-corrected chi connectivity index (χ0v) is 9.18. The van der Waals surface area contributed by atoms with Crippen LogP contribution in [-0.4, -0.2) is 20.0 Å². The van der Waals surface area contributed by atoms with Crippen LogP contribution in [0.2, 0.25) is 0 Å². The van der Waals surface area contributed by atoms with Crippen molar-refractivity contribution in [2.24, 2.45) is 0 Å². The summed E-state index contributed by atoms with van der Waals surface area (Å²) < 4.78 is 23.5. The number of ketones is 1. The van der Waals surface area contributed by atoms with Gasteiger partial charge in [-0.3, -0.25) is 4.79 Å². The van der Waals surface area contributed by atoms with Gasteiger partial charge in [-0.15, -0.1) is 0 Å². The van der Waals surface area contributed by atoms with Gasteiger partial charge in [0.15, 0.2) is 17.3 Å². The average molecular weight is 212 g/mol. The second-order valence-electron chi connectivity index (χ2n) is 3.18. The van der Waals surface area contributed by atoms with Crippen LogP contribution in [0, 0.1) is 12.7 Å². The quantitative estimate of drug-likeness (QED) is 0.721. The van der Waals surface area contributed by atoms with Crippen LogP contribution in [0.3, 0.4) is 0 Å². The molecule has 1 aromatic rings. The van der Waals surface area contributed by atoms with Crippen molar-refractivity contribution in [3.05, 3.63) is 23.0 Å². The maximum absolute atomic E-state index is 13.8. The predicted molar refractivity (Wildman–Crippen MR) is 54.2 cm³/mol. The summed E-state index contributed by atoms with van der Waals surface area (Å²) in [6, 6.07) is 1.56. The molecule has 0 bridgehead atoms. The highest BCUT2D eigenvalue weighted by atomic mass is 19.1. The molecular weight excluding hydrogens is 199 g/mol. The minimum Gasteiger partial charge on any atom is -0.493 e. The largest absolute Gasteiger partial charge is 0.493 e. The van der Waals surface area contributed by atoms with E-state index in [0.29, 0.717) is 5.56 Å². The molecule has 0 spiro atoms. The normalized spacial score (nSPS) is 9.93. The zero-order chi connectivity index (χ0) is 11.6. The average Bonchev–Trinajstić information content (AvgIpc) is 2.17. The van der Waals surface area contributed by atoms with E-state index in [2.05, 4.69) is 0 Å². The molecule has 0 amide bonds. The van der Waals surface area contributed by atoms with Crippen molar-refractivity contribution in [3.8, 4) is 11.5 Å². The minimum atomic E-state index is -0.634.